The summed E-state index contributed by atoms with van der Waals surface area (Å²) in [6, 6.07) is 25.2. The molecular formula is C23H24N2S. The van der Waals surface area contributed by atoms with Gasteiger partial charge in [0.05, 0.1) is 6.04 Å². The number of aryl methyl sites for hydroxylation is 3. The van der Waals surface area contributed by atoms with Crippen molar-refractivity contribution in [1.29, 1.82) is 0 Å². The van der Waals surface area contributed by atoms with Gasteiger partial charge >= 0.3 is 0 Å². The van der Waals surface area contributed by atoms with Crippen molar-refractivity contribution < 1.29 is 0 Å². The van der Waals surface area contributed by atoms with E-state index >= 15 is 0 Å². The summed E-state index contributed by atoms with van der Waals surface area (Å²) in [5.74, 6) is 0. The molecule has 0 heterocycles. The molecule has 0 radical (unpaired) electrons. The molecule has 0 aromatic heterocycles. The first kappa shape index (κ1) is 18.2. The lowest BCUT2D eigenvalue weighted by Gasteiger charge is -2.24. The highest BCUT2D eigenvalue weighted by Gasteiger charge is 2.17. The Morgan fingerprint density at radius 2 is 1.46 bits per heavy atom. The standard InChI is InChI=1S/C23H24N2S/c1-16-9-12-20(13-10-16)24-23(26)25-22(19-7-5-4-6-8-19)21-14-11-17(2)15-18(21)3/h4-15,22H,1-3H3,(H2,24,25,26). The van der Waals surface area contributed by atoms with Crippen molar-refractivity contribution >= 4 is 23.0 Å². The van der Waals surface area contributed by atoms with Crippen molar-refractivity contribution in [3.05, 3.63) is 101 Å². The fourth-order valence-electron chi connectivity index (χ4n) is 3.07. The molecule has 132 valence electrons. The van der Waals surface area contributed by atoms with Gasteiger partial charge in [0.2, 0.25) is 0 Å². The maximum Gasteiger partial charge on any atom is 0.171 e. The molecule has 0 aliphatic heterocycles. The highest BCUT2D eigenvalue weighted by molar-refractivity contribution is 7.80. The Bertz CT molecular complexity index is 886. The normalized spacial score (nSPS) is 11.7. The molecule has 3 heteroatoms. The average molecular weight is 361 g/mol. The molecule has 26 heavy (non-hydrogen) atoms. The number of hydrogen-bond donors (Lipinski definition) is 2. The molecule has 0 aliphatic rings. The van der Waals surface area contributed by atoms with E-state index in [-0.39, 0.29) is 6.04 Å². The third-order valence-electron chi connectivity index (χ3n) is 4.45. The molecule has 1 unspecified atom stereocenters. The minimum Gasteiger partial charge on any atom is -0.352 e. The minimum atomic E-state index is 0.00208. The lowest BCUT2D eigenvalue weighted by atomic mass is 9.94. The van der Waals surface area contributed by atoms with E-state index in [2.05, 4.69) is 86.0 Å². The summed E-state index contributed by atoms with van der Waals surface area (Å²) in [5.41, 5.74) is 7.15. The van der Waals surface area contributed by atoms with E-state index in [4.69, 9.17) is 12.2 Å². The molecule has 2 nitrogen and oxygen atoms in total. The Hall–Kier alpha value is -2.65. The summed E-state index contributed by atoms with van der Waals surface area (Å²) >= 11 is 5.59. The first-order valence-corrected chi connectivity index (χ1v) is 9.20. The molecule has 0 saturated heterocycles. The lowest BCUT2D eigenvalue weighted by molar-refractivity contribution is 0.762. The van der Waals surface area contributed by atoms with E-state index in [0.29, 0.717) is 5.11 Å². The smallest absolute Gasteiger partial charge is 0.171 e. The van der Waals surface area contributed by atoms with Crippen LogP contribution in [0.5, 0.6) is 0 Å². The van der Waals surface area contributed by atoms with Gasteiger partial charge in [-0.2, -0.15) is 0 Å². The van der Waals surface area contributed by atoms with Gasteiger partial charge in [-0.05, 0) is 61.8 Å². The summed E-state index contributed by atoms with van der Waals surface area (Å²) in [6.07, 6.45) is 0. The van der Waals surface area contributed by atoms with Crippen LogP contribution in [0.4, 0.5) is 5.69 Å². The van der Waals surface area contributed by atoms with Crippen LogP contribution in [0.25, 0.3) is 0 Å². The molecular weight excluding hydrogens is 336 g/mol. The third-order valence-corrected chi connectivity index (χ3v) is 4.67. The Morgan fingerprint density at radius 1 is 0.808 bits per heavy atom. The molecule has 3 rings (SSSR count). The summed E-state index contributed by atoms with van der Waals surface area (Å²) in [7, 11) is 0. The summed E-state index contributed by atoms with van der Waals surface area (Å²) in [4.78, 5) is 0. The van der Waals surface area contributed by atoms with E-state index < -0.39 is 0 Å². The second kappa shape index (κ2) is 8.15. The summed E-state index contributed by atoms with van der Waals surface area (Å²) < 4.78 is 0. The second-order valence-electron chi connectivity index (χ2n) is 6.67. The molecule has 0 saturated carbocycles. The quantitative estimate of drug-likeness (QED) is 0.585. The van der Waals surface area contributed by atoms with Crippen LogP contribution < -0.4 is 10.6 Å². The van der Waals surface area contributed by atoms with Crippen LogP contribution in [0, 0.1) is 20.8 Å². The van der Waals surface area contributed by atoms with Crippen molar-refractivity contribution in [2.24, 2.45) is 0 Å². The van der Waals surface area contributed by atoms with Crippen LogP contribution >= 0.6 is 12.2 Å². The van der Waals surface area contributed by atoms with Crippen LogP contribution in [0.2, 0.25) is 0 Å². The van der Waals surface area contributed by atoms with Crippen LogP contribution in [0.1, 0.15) is 33.9 Å². The average Bonchev–Trinajstić information content (AvgIpc) is 2.63. The van der Waals surface area contributed by atoms with Crippen LogP contribution in [-0.2, 0) is 0 Å². The van der Waals surface area contributed by atoms with Gasteiger partial charge in [-0.3, -0.25) is 0 Å². The summed E-state index contributed by atoms with van der Waals surface area (Å²) in [5, 5.41) is 7.40. The van der Waals surface area contributed by atoms with Crippen LogP contribution in [-0.4, -0.2) is 5.11 Å². The molecule has 1 atom stereocenters. The Morgan fingerprint density at radius 3 is 2.12 bits per heavy atom. The van der Waals surface area contributed by atoms with Gasteiger partial charge in [-0.1, -0.05) is 71.8 Å². The van der Waals surface area contributed by atoms with E-state index in [9.17, 15) is 0 Å². The Kier molecular flexibility index (Phi) is 5.69. The maximum absolute atomic E-state index is 5.59. The van der Waals surface area contributed by atoms with Gasteiger partial charge in [0.1, 0.15) is 0 Å². The maximum atomic E-state index is 5.59. The lowest BCUT2D eigenvalue weighted by Crippen LogP contribution is -2.33. The predicted octanol–water partition coefficient (Wildman–Crippen LogP) is 5.69. The fourth-order valence-corrected chi connectivity index (χ4v) is 3.31. The number of nitrogens with one attached hydrogen (secondary N) is 2. The fraction of sp³-hybridized carbons (Fsp3) is 0.174. The van der Waals surface area contributed by atoms with Crippen molar-refractivity contribution in [3.63, 3.8) is 0 Å². The van der Waals surface area contributed by atoms with Crippen molar-refractivity contribution in [1.82, 2.24) is 5.32 Å². The van der Waals surface area contributed by atoms with Gasteiger partial charge in [-0.15, -0.1) is 0 Å². The minimum absolute atomic E-state index is 0.00208. The topological polar surface area (TPSA) is 24.1 Å². The van der Waals surface area contributed by atoms with Crippen molar-refractivity contribution in [2.45, 2.75) is 26.8 Å². The molecule has 3 aromatic carbocycles. The Balaban J connectivity index is 1.86. The molecule has 3 aromatic rings. The van der Waals surface area contributed by atoms with Crippen LogP contribution in [0.3, 0.4) is 0 Å². The molecule has 2 N–H and O–H groups in total. The Labute approximate surface area is 161 Å². The van der Waals surface area contributed by atoms with Gasteiger partial charge < -0.3 is 10.6 Å². The number of hydrogen-bond acceptors (Lipinski definition) is 1. The monoisotopic (exact) mass is 360 g/mol. The predicted molar refractivity (Wildman–Crippen MR) is 115 cm³/mol. The number of rotatable bonds is 4. The second-order valence-corrected chi connectivity index (χ2v) is 7.08. The highest BCUT2D eigenvalue weighted by Crippen LogP contribution is 2.26. The SMILES string of the molecule is Cc1ccc(NC(=S)NC(c2ccccc2)c2ccc(C)cc2C)cc1. The van der Waals surface area contributed by atoms with E-state index in [1.165, 1.54) is 27.8 Å². The van der Waals surface area contributed by atoms with Crippen molar-refractivity contribution in [3.8, 4) is 0 Å². The molecule has 0 amide bonds. The molecule has 0 bridgehead atoms. The summed E-state index contributed by atoms with van der Waals surface area (Å²) in [6.45, 7) is 6.34. The van der Waals surface area contributed by atoms with Gasteiger partial charge in [0.25, 0.3) is 0 Å². The molecule has 0 fully saturated rings. The third kappa shape index (κ3) is 4.50. The number of thiocarbonyl (C=S) groups is 1. The van der Waals surface area contributed by atoms with E-state index in [1.807, 2.05) is 18.2 Å². The van der Waals surface area contributed by atoms with Crippen molar-refractivity contribution in [2.75, 3.05) is 5.32 Å². The van der Waals surface area contributed by atoms with Gasteiger partial charge in [0, 0.05) is 5.69 Å². The largest absolute Gasteiger partial charge is 0.352 e. The van der Waals surface area contributed by atoms with Gasteiger partial charge in [-0.25, -0.2) is 0 Å². The van der Waals surface area contributed by atoms with Gasteiger partial charge in [0.15, 0.2) is 5.11 Å². The van der Waals surface area contributed by atoms with E-state index in [1.54, 1.807) is 0 Å². The zero-order valence-corrected chi connectivity index (χ0v) is 16.2. The first-order valence-electron chi connectivity index (χ1n) is 8.79. The zero-order chi connectivity index (χ0) is 18.5. The molecule has 0 spiro atoms. The van der Waals surface area contributed by atoms with Crippen LogP contribution in [0.15, 0.2) is 72.8 Å². The first-order chi connectivity index (χ1) is 12.5. The molecule has 0 aliphatic carbocycles. The number of benzene rings is 3. The zero-order valence-electron chi connectivity index (χ0n) is 15.4. The number of anilines is 1. The highest BCUT2D eigenvalue weighted by atomic mass is 32.1. The van der Waals surface area contributed by atoms with E-state index in [0.717, 1.165) is 5.69 Å².